The molecule has 0 atom stereocenters. The van der Waals surface area contributed by atoms with Crippen LogP contribution >= 0.6 is 0 Å². The number of nitriles is 2. The Morgan fingerprint density at radius 1 is 1.29 bits per heavy atom. The summed E-state index contributed by atoms with van der Waals surface area (Å²) in [4.78, 5) is 4.28. The van der Waals surface area contributed by atoms with Gasteiger partial charge in [-0.15, -0.1) is 0 Å². The molecule has 92 valence electrons. The van der Waals surface area contributed by atoms with Crippen molar-refractivity contribution in [2.45, 2.75) is 39.0 Å². The van der Waals surface area contributed by atoms with Gasteiger partial charge >= 0.3 is 0 Å². The van der Waals surface area contributed by atoms with E-state index in [1.165, 1.54) is 43.9 Å². The number of nitrogens with one attached hydrogen (secondary N) is 1. The number of nitrogens with zero attached hydrogens (tertiary/aromatic N) is 4. The van der Waals surface area contributed by atoms with Crippen LogP contribution in [0.4, 0.5) is 0 Å². The number of rotatable bonds is 5. The van der Waals surface area contributed by atoms with Gasteiger partial charge in [0.05, 0.1) is 0 Å². The third-order valence-electron chi connectivity index (χ3n) is 2.29. The molecule has 0 spiro atoms. The van der Waals surface area contributed by atoms with E-state index < -0.39 is 0 Å². The number of hydrogen-bond donors (Lipinski definition) is 1. The number of unbranched alkanes of at least 4 members (excludes halogenated alkanes) is 3. The zero-order chi connectivity index (χ0) is 12.9. The Labute approximate surface area is 103 Å². The van der Waals surface area contributed by atoms with Crippen LogP contribution in [-0.2, 0) is 13.5 Å². The van der Waals surface area contributed by atoms with E-state index >= 15 is 0 Å². The zero-order valence-corrected chi connectivity index (χ0v) is 10.5. The summed E-state index contributed by atoms with van der Waals surface area (Å²) in [6.07, 6.45) is 13.1. The Morgan fingerprint density at radius 2 is 2.00 bits per heavy atom. The van der Waals surface area contributed by atoms with E-state index in [4.69, 9.17) is 10.5 Å². The summed E-state index contributed by atoms with van der Waals surface area (Å²) in [5.74, 6) is 1.21. The van der Waals surface area contributed by atoms with Crippen molar-refractivity contribution in [2.75, 3.05) is 0 Å². The lowest BCUT2D eigenvalue weighted by atomic mass is 10.1. The van der Waals surface area contributed by atoms with E-state index in [9.17, 15) is 0 Å². The van der Waals surface area contributed by atoms with Gasteiger partial charge in [-0.2, -0.15) is 10.5 Å². The van der Waals surface area contributed by atoms with Gasteiger partial charge in [0.2, 0.25) is 0 Å². The van der Waals surface area contributed by atoms with E-state index in [0.29, 0.717) is 0 Å². The Balaban J connectivity index is 0.000000437. The van der Waals surface area contributed by atoms with Crippen LogP contribution in [0.15, 0.2) is 12.4 Å². The lowest BCUT2D eigenvalue weighted by molar-refractivity contribution is 0.639. The quantitative estimate of drug-likeness (QED) is 0.480. The lowest BCUT2D eigenvalue weighted by Crippen LogP contribution is -1.96. The molecular weight excluding hydrogens is 214 g/mol. The molecule has 0 bridgehead atoms. The molecule has 0 fully saturated rings. The molecule has 1 N–H and O–H groups in total. The second-order valence-corrected chi connectivity index (χ2v) is 3.61. The molecule has 1 aromatic rings. The molecule has 0 saturated heterocycles. The van der Waals surface area contributed by atoms with Crippen LogP contribution < -0.4 is 5.32 Å². The first-order valence-electron chi connectivity index (χ1n) is 5.75. The molecule has 1 aromatic heterocycles. The largest absolute Gasteiger partial charge is 0.338 e. The third-order valence-corrected chi connectivity index (χ3v) is 2.29. The molecule has 1 heterocycles. The summed E-state index contributed by atoms with van der Waals surface area (Å²) in [6.45, 7) is 2.24. The van der Waals surface area contributed by atoms with Gasteiger partial charge in [-0.25, -0.2) is 10.3 Å². The maximum absolute atomic E-state index is 7.48. The monoisotopic (exact) mass is 233 g/mol. The highest BCUT2D eigenvalue weighted by molar-refractivity contribution is 4.90. The number of aryl methyl sites for hydroxylation is 2. The molecule has 0 aliphatic heterocycles. The molecular formula is C12H19N5. The molecule has 0 radical (unpaired) electrons. The van der Waals surface area contributed by atoms with Gasteiger partial charge < -0.3 is 4.57 Å². The van der Waals surface area contributed by atoms with Crippen LogP contribution in [0.25, 0.3) is 0 Å². The van der Waals surface area contributed by atoms with Gasteiger partial charge in [0.25, 0.3) is 0 Å². The van der Waals surface area contributed by atoms with Crippen LogP contribution in [0.3, 0.4) is 0 Å². The summed E-state index contributed by atoms with van der Waals surface area (Å²) in [5, 5.41) is 16.7. The Hall–Kier alpha value is -2.01. The Kier molecular flexibility index (Phi) is 9.26. The normalized spacial score (nSPS) is 8.47. The average Bonchev–Trinajstić information content (AvgIpc) is 2.73. The highest BCUT2D eigenvalue weighted by Gasteiger charge is 1.97. The van der Waals surface area contributed by atoms with Gasteiger partial charge in [0.1, 0.15) is 5.82 Å². The molecule has 17 heavy (non-hydrogen) atoms. The minimum atomic E-state index is 1.13. The molecule has 0 aliphatic rings. The van der Waals surface area contributed by atoms with Gasteiger partial charge in [-0.05, 0) is 6.42 Å². The van der Waals surface area contributed by atoms with Crippen LogP contribution in [0, 0.1) is 22.9 Å². The maximum Gasteiger partial charge on any atom is 0.190 e. The fourth-order valence-corrected chi connectivity index (χ4v) is 1.37. The summed E-state index contributed by atoms with van der Waals surface area (Å²) in [6, 6.07) is 0. The predicted octanol–water partition coefficient (Wildman–Crippen LogP) is 2.08. The molecule has 0 aromatic carbocycles. The first-order chi connectivity index (χ1) is 8.26. The van der Waals surface area contributed by atoms with E-state index in [1.807, 2.05) is 12.4 Å². The van der Waals surface area contributed by atoms with Crippen molar-refractivity contribution >= 4 is 0 Å². The van der Waals surface area contributed by atoms with Crippen molar-refractivity contribution in [3.63, 3.8) is 0 Å². The molecule has 0 amide bonds. The van der Waals surface area contributed by atoms with Crippen molar-refractivity contribution < 1.29 is 0 Å². The highest BCUT2D eigenvalue weighted by Crippen LogP contribution is 2.04. The number of aromatic nitrogens is 2. The molecule has 0 aliphatic carbocycles. The molecule has 0 unspecified atom stereocenters. The van der Waals surface area contributed by atoms with E-state index in [-0.39, 0.29) is 0 Å². The fourth-order valence-electron chi connectivity index (χ4n) is 1.37. The highest BCUT2D eigenvalue weighted by atomic mass is 15.0. The van der Waals surface area contributed by atoms with Crippen molar-refractivity contribution in [1.82, 2.24) is 14.9 Å². The van der Waals surface area contributed by atoms with Crippen LogP contribution in [-0.4, -0.2) is 9.55 Å². The standard InChI is InChI=1S/C10H18N2.C2HN3/c1-3-4-5-6-7-10-11-8-9-12(10)2;3-1-5-2-4/h8-9H,3-7H2,1-2H3;5H. The van der Waals surface area contributed by atoms with Crippen molar-refractivity contribution in [3.05, 3.63) is 18.2 Å². The van der Waals surface area contributed by atoms with E-state index in [0.717, 1.165) is 6.42 Å². The predicted molar refractivity (Wildman–Crippen MR) is 65.4 cm³/mol. The van der Waals surface area contributed by atoms with Crippen LogP contribution in [0.2, 0.25) is 0 Å². The first-order valence-corrected chi connectivity index (χ1v) is 5.75. The number of imidazole rings is 1. The second kappa shape index (κ2) is 10.5. The van der Waals surface area contributed by atoms with Crippen LogP contribution in [0.1, 0.15) is 38.4 Å². The van der Waals surface area contributed by atoms with Crippen molar-refractivity contribution in [3.8, 4) is 12.4 Å². The fraction of sp³-hybridized carbons (Fsp3) is 0.583. The number of hydrogen-bond acceptors (Lipinski definition) is 4. The van der Waals surface area contributed by atoms with Gasteiger partial charge in [-0.3, -0.25) is 0 Å². The zero-order valence-electron chi connectivity index (χ0n) is 10.5. The second-order valence-electron chi connectivity index (χ2n) is 3.61. The van der Waals surface area contributed by atoms with Gasteiger partial charge in [0, 0.05) is 25.9 Å². The average molecular weight is 233 g/mol. The summed E-state index contributed by atoms with van der Waals surface area (Å²) in [5.41, 5.74) is 0. The van der Waals surface area contributed by atoms with Crippen molar-refractivity contribution in [2.24, 2.45) is 7.05 Å². The SMILES string of the molecule is CCCCCCc1nccn1C.N#CNC#N. The topological polar surface area (TPSA) is 77.4 Å². The Bertz CT molecular complexity index is 357. The molecule has 0 saturated carbocycles. The summed E-state index contributed by atoms with van der Waals surface area (Å²) >= 11 is 0. The third kappa shape index (κ3) is 7.87. The van der Waals surface area contributed by atoms with E-state index in [2.05, 4.69) is 23.5 Å². The smallest absolute Gasteiger partial charge is 0.190 e. The van der Waals surface area contributed by atoms with Gasteiger partial charge in [-0.1, -0.05) is 26.2 Å². The lowest BCUT2D eigenvalue weighted by Gasteiger charge is -2.00. The molecule has 5 nitrogen and oxygen atoms in total. The van der Waals surface area contributed by atoms with Crippen molar-refractivity contribution in [1.29, 1.82) is 10.5 Å². The van der Waals surface area contributed by atoms with Crippen LogP contribution in [0.5, 0.6) is 0 Å². The molecule has 1 rings (SSSR count). The summed E-state index contributed by atoms with van der Waals surface area (Å²) in [7, 11) is 2.06. The minimum Gasteiger partial charge on any atom is -0.338 e. The first kappa shape index (κ1) is 15.0. The molecule has 5 heteroatoms. The Morgan fingerprint density at radius 3 is 2.41 bits per heavy atom. The van der Waals surface area contributed by atoms with Gasteiger partial charge in [0.15, 0.2) is 12.4 Å². The maximum atomic E-state index is 7.48. The van der Waals surface area contributed by atoms with E-state index in [1.54, 1.807) is 5.32 Å². The summed E-state index contributed by atoms with van der Waals surface area (Å²) < 4.78 is 2.10. The minimum absolute atomic E-state index is 1.13.